The van der Waals surface area contributed by atoms with Crippen LogP contribution < -0.4 is 15.5 Å². The number of benzene rings is 2. The van der Waals surface area contributed by atoms with Crippen LogP contribution in [0.4, 0.5) is 29.3 Å². The minimum Gasteiger partial charge on any atom is -0.388 e. The molecule has 0 bridgehead atoms. The summed E-state index contributed by atoms with van der Waals surface area (Å²) in [7, 11) is 5.67. The van der Waals surface area contributed by atoms with Gasteiger partial charge in [0.05, 0.1) is 35.1 Å². The summed E-state index contributed by atoms with van der Waals surface area (Å²) in [5.41, 5.74) is 1.59. The number of carbonyl (C=O) groups excluding carboxylic acids is 2. The number of rotatable bonds is 7. The highest BCUT2D eigenvalue weighted by atomic mass is 19.4. The van der Waals surface area contributed by atoms with Gasteiger partial charge in [-0.1, -0.05) is 18.2 Å². The van der Waals surface area contributed by atoms with E-state index in [1.54, 1.807) is 11.9 Å². The molecule has 4 rings (SSSR count). The highest BCUT2D eigenvalue weighted by Gasteiger charge is 2.44. The van der Waals surface area contributed by atoms with Crippen molar-refractivity contribution in [3.8, 4) is 0 Å². The molecule has 1 atom stereocenters. The summed E-state index contributed by atoms with van der Waals surface area (Å²) in [5, 5.41) is 5.87. The predicted octanol–water partition coefficient (Wildman–Crippen LogP) is 4.07. The molecule has 186 valence electrons. The summed E-state index contributed by atoms with van der Waals surface area (Å²) in [5.74, 6) is -0.224. The molecule has 0 saturated carbocycles. The molecule has 2 heterocycles. The van der Waals surface area contributed by atoms with Gasteiger partial charge in [0.15, 0.2) is 0 Å². The van der Waals surface area contributed by atoms with Gasteiger partial charge in [0.25, 0.3) is 5.91 Å². The Hall–Kier alpha value is -3.53. The Morgan fingerprint density at radius 2 is 1.83 bits per heavy atom. The van der Waals surface area contributed by atoms with Gasteiger partial charge in [0.1, 0.15) is 0 Å². The van der Waals surface area contributed by atoms with E-state index in [4.69, 9.17) is 0 Å². The average Bonchev–Trinajstić information content (AvgIpc) is 3.13. The second kappa shape index (κ2) is 9.61. The number of nitrogens with zero attached hydrogens (tertiary/aromatic N) is 3. The third-order valence-corrected chi connectivity index (χ3v) is 6.20. The van der Waals surface area contributed by atoms with Crippen LogP contribution in [0.15, 0.2) is 59.8 Å². The maximum atomic E-state index is 13.5. The maximum absolute atomic E-state index is 13.5. The molecule has 0 aromatic heterocycles. The molecule has 3 amide bonds. The predicted molar refractivity (Wildman–Crippen MR) is 128 cm³/mol. The van der Waals surface area contributed by atoms with E-state index in [-0.39, 0.29) is 18.1 Å². The molecule has 0 saturated heterocycles. The fourth-order valence-electron chi connectivity index (χ4n) is 4.44. The lowest BCUT2D eigenvalue weighted by atomic mass is 9.95. The fourth-order valence-corrected chi connectivity index (χ4v) is 4.44. The number of anilines is 2. The molecule has 2 aliphatic heterocycles. The van der Waals surface area contributed by atoms with Crippen LogP contribution in [0.25, 0.3) is 0 Å². The number of nitrogens with one attached hydrogen (secondary N) is 2. The lowest BCUT2D eigenvalue weighted by Gasteiger charge is -2.34. The normalized spacial score (nSPS) is 18.3. The van der Waals surface area contributed by atoms with Gasteiger partial charge in [0.2, 0.25) is 0 Å². The topological polar surface area (TPSA) is 67.9 Å². The Bertz CT molecular complexity index is 1140. The summed E-state index contributed by atoms with van der Waals surface area (Å²) in [4.78, 5) is 31.7. The van der Waals surface area contributed by atoms with Crippen LogP contribution in [0.3, 0.4) is 0 Å². The zero-order valence-corrected chi connectivity index (χ0v) is 19.8. The monoisotopic (exact) mass is 487 g/mol. The summed E-state index contributed by atoms with van der Waals surface area (Å²) in [6.07, 6.45) is -3.83. The van der Waals surface area contributed by atoms with Crippen molar-refractivity contribution in [2.75, 3.05) is 51.0 Å². The molecule has 0 unspecified atom stereocenters. The molecule has 10 heteroatoms. The van der Waals surface area contributed by atoms with E-state index >= 15 is 0 Å². The Morgan fingerprint density at radius 3 is 2.46 bits per heavy atom. The molecular formula is C25H28F3N5O2. The Morgan fingerprint density at radius 1 is 1.11 bits per heavy atom. The fraction of sp³-hybridized carbons (Fsp3) is 0.360. The number of urea groups is 1. The molecule has 7 nitrogen and oxygen atoms in total. The highest BCUT2D eigenvalue weighted by molar-refractivity contribution is 6.07. The largest absolute Gasteiger partial charge is 0.416 e. The zero-order valence-electron chi connectivity index (χ0n) is 19.8. The van der Waals surface area contributed by atoms with Gasteiger partial charge in [-0.3, -0.25) is 9.69 Å². The van der Waals surface area contributed by atoms with Gasteiger partial charge in [-0.15, -0.1) is 0 Å². The SMILES string of the molecule is CNc1ccc([C@H]2NC(=O)N(c3cccc(C(F)(F)F)c3)C3=C2C(=O)N(CCCN(C)C)C3)cc1. The van der Waals surface area contributed by atoms with Gasteiger partial charge in [0, 0.05) is 19.3 Å². The first-order valence-corrected chi connectivity index (χ1v) is 11.3. The smallest absolute Gasteiger partial charge is 0.388 e. The van der Waals surface area contributed by atoms with Crippen molar-refractivity contribution >= 4 is 23.3 Å². The number of halogens is 3. The summed E-state index contributed by atoms with van der Waals surface area (Å²) in [6.45, 7) is 1.40. The number of hydrogen-bond acceptors (Lipinski definition) is 4. The molecule has 2 aromatic carbocycles. The first-order valence-electron chi connectivity index (χ1n) is 11.3. The third-order valence-electron chi connectivity index (χ3n) is 6.20. The lowest BCUT2D eigenvalue weighted by molar-refractivity contribution is -0.137. The molecule has 0 radical (unpaired) electrons. The van der Waals surface area contributed by atoms with Crippen LogP contribution >= 0.6 is 0 Å². The number of alkyl halides is 3. The average molecular weight is 488 g/mol. The number of carbonyl (C=O) groups is 2. The second-order valence-electron chi connectivity index (χ2n) is 8.88. The van der Waals surface area contributed by atoms with E-state index in [1.165, 1.54) is 17.0 Å². The van der Waals surface area contributed by atoms with E-state index < -0.39 is 23.8 Å². The summed E-state index contributed by atoms with van der Waals surface area (Å²) >= 11 is 0. The van der Waals surface area contributed by atoms with Crippen LogP contribution in [0.5, 0.6) is 0 Å². The minimum absolute atomic E-state index is 0.0664. The van der Waals surface area contributed by atoms with E-state index in [2.05, 4.69) is 10.6 Å². The minimum atomic E-state index is -4.55. The van der Waals surface area contributed by atoms with Crippen molar-refractivity contribution in [1.29, 1.82) is 0 Å². The van der Waals surface area contributed by atoms with Gasteiger partial charge in [-0.05, 0) is 63.0 Å². The van der Waals surface area contributed by atoms with E-state index in [1.807, 2.05) is 43.3 Å². The van der Waals surface area contributed by atoms with Gasteiger partial charge in [-0.25, -0.2) is 4.79 Å². The number of hydrogen-bond donors (Lipinski definition) is 2. The second-order valence-corrected chi connectivity index (χ2v) is 8.88. The molecule has 0 fully saturated rings. The molecule has 0 aliphatic carbocycles. The standard InChI is InChI=1S/C25H28F3N5O2/c1-29-18-10-8-16(9-11-18)22-21-20(15-32(23(21)34)13-5-12-31(2)3)33(24(35)30-22)19-7-4-6-17(14-19)25(26,27)28/h4,6-11,14,22,29H,5,12-13,15H2,1-3H3,(H,30,35)/t22-/m1/s1. The lowest BCUT2D eigenvalue weighted by Crippen LogP contribution is -2.47. The maximum Gasteiger partial charge on any atom is 0.416 e. The highest BCUT2D eigenvalue weighted by Crippen LogP contribution is 2.40. The molecule has 2 N–H and O–H groups in total. The molecule has 2 aromatic rings. The van der Waals surface area contributed by atoms with Crippen molar-refractivity contribution in [3.63, 3.8) is 0 Å². The molecule has 2 aliphatic rings. The van der Waals surface area contributed by atoms with Gasteiger partial charge >= 0.3 is 12.2 Å². The number of amides is 3. The third kappa shape index (κ3) is 4.97. The Balaban J connectivity index is 1.75. The van der Waals surface area contributed by atoms with Crippen LogP contribution in [-0.2, 0) is 11.0 Å². The molecule has 0 spiro atoms. The van der Waals surface area contributed by atoms with Crippen LogP contribution in [0, 0.1) is 0 Å². The van der Waals surface area contributed by atoms with Crippen LogP contribution in [0.1, 0.15) is 23.6 Å². The van der Waals surface area contributed by atoms with Crippen molar-refractivity contribution in [2.45, 2.75) is 18.6 Å². The molecule has 35 heavy (non-hydrogen) atoms. The van der Waals surface area contributed by atoms with E-state index in [0.29, 0.717) is 17.8 Å². The summed E-state index contributed by atoms with van der Waals surface area (Å²) in [6, 6.07) is 10.7. The first kappa shape index (κ1) is 24.6. The van der Waals surface area contributed by atoms with E-state index in [9.17, 15) is 22.8 Å². The van der Waals surface area contributed by atoms with Gasteiger partial charge < -0.3 is 20.4 Å². The van der Waals surface area contributed by atoms with Gasteiger partial charge in [-0.2, -0.15) is 13.2 Å². The molecular weight excluding hydrogens is 459 g/mol. The zero-order chi connectivity index (χ0) is 25.3. The van der Waals surface area contributed by atoms with Crippen molar-refractivity contribution in [2.24, 2.45) is 0 Å². The Kier molecular flexibility index (Phi) is 6.75. The first-order chi connectivity index (χ1) is 16.6. The quantitative estimate of drug-likeness (QED) is 0.618. The van der Waals surface area contributed by atoms with Crippen LogP contribution in [-0.4, -0.2) is 62.5 Å². The van der Waals surface area contributed by atoms with E-state index in [0.717, 1.165) is 36.3 Å². The van der Waals surface area contributed by atoms with Crippen molar-refractivity contribution in [1.82, 2.24) is 15.1 Å². The van der Waals surface area contributed by atoms with Crippen molar-refractivity contribution in [3.05, 3.63) is 70.9 Å². The van der Waals surface area contributed by atoms with Crippen molar-refractivity contribution < 1.29 is 22.8 Å². The van der Waals surface area contributed by atoms with Crippen LogP contribution in [0.2, 0.25) is 0 Å². The Labute approximate surface area is 202 Å². The summed E-state index contributed by atoms with van der Waals surface area (Å²) < 4.78 is 40.1.